The Balaban J connectivity index is 2.37. The summed E-state index contributed by atoms with van der Waals surface area (Å²) in [6, 6.07) is 6.26. The van der Waals surface area contributed by atoms with Crippen molar-refractivity contribution in [2.24, 2.45) is 0 Å². The van der Waals surface area contributed by atoms with E-state index in [0.717, 1.165) is 17.3 Å². The number of amides is 1. The number of benzene rings is 1. The number of aromatic hydroxyl groups is 1. The van der Waals surface area contributed by atoms with Crippen LogP contribution in [-0.2, 0) is 0 Å². The minimum atomic E-state index is -0.0801. The maximum atomic E-state index is 11.5. The van der Waals surface area contributed by atoms with Crippen molar-refractivity contribution in [3.63, 3.8) is 0 Å². The monoisotopic (exact) mass is 319 g/mol. The number of carbonyl (C=O) groups excluding carboxylic acids is 1. The molecule has 0 atom stereocenters. The number of nitrogens with one attached hydrogen (secondary N) is 1. The first-order valence-corrected chi connectivity index (χ1v) is 6.40. The second kappa shape index (κ2) is 6.66. The summed E-state index contributed by atoms with van der Waals surface area (Å²) in [4.78, 5) is 11.5. The molecule has 0 aromatic heterocycles. The number of halogens is 1. The van der Waals surface area contributed by atoms with E-state index < -0.39 is 0 Å². The molecule has 1 aromatic carbocycles. The first kappa shape index (κ1) is 12.3. The van der Waals surface area contributed by atoms with Gasteiger partial charge in [-0.2, -0.15) is 0 Å². The van der Waals surface area contributed by atoms with Crippen LogP contribution in [0, 0.1) is 0 Å². The van der Waals surface area contributed by atoms with Gasteiger partial charge in [0.15, 0.2) is 0 Å². The summed E-state index contributed by atoms with van der Waals surface area (Å²) in [5.41, 5.74) is 0.585. The van der Waals surface area contributed by atoms with Crippen LogP contribution in [0.4, 0.5) is 0 Å². The molecule has 15 heavy (non-hydrogen) atoms. The van der Waals surface area contributed by atoms with Crippen LogP contribution in [-0.4, -0.2) is 22.0 Å². The molecule has 0 aliphatic rings. The SMILES string of the molecule is O=C(NCCCCI)c1ccc(O)cc1. The highest BCUT2D eigenvalue weighted by molar-refractivity contribution is 14.1. The largest absolute Gasteiger partial charge is 0.508 e. The number of hydrogen-bond acceptors (Lipinski definition) is 2. The van der Waals surface area contributed by atoms with Crippen LogP contribution in [0.15, 0.2) is 24.3 Å². The third kappa shape index (κ3) is 4.51. The predicted octanol–water partition coefficient (Wildman–Crippen LogP) is 2.34. The Morgan fingerprint density at radius 2 is 1.93 bits per heavy atom. The molecule has 0 spiro atoms. The normalized spacial score (nSPS) is 9.93. The first-order chi connectivity index (χ1) is 7.24. The van der Waals surface area contributed by atoms with Gasteiger partial charge in [0.25, 0.3) is 5.91 Å². The molecule has 0 radical (unpaired) electrons. The van der Waals surface area contributed by atoms with Crippen molar-refractivity contribution >= 4 is 28.5 Å². The van der Waals surface area contributed by atoms with E-state index in [1.165, 1.54) is 12.1 Å². The van der Waals surface area contributed by atoms with Crippen LogP contribution >= 0.6 is 22.6 Å². The molecular weight excluding hydrogens is 305 g/mol. The minimum Gasteiger partial charge on any atom is -0.508 e. The molecule has 0 saturated heterocycles. The van der Waals surface area contributed by atoms with Crippen molar-refractivity contribution in [2.75, 3.05) is 11.0 Å². The van der Waals surface area contributed by atoms with Gasteiger partial charge < -0.3 is 10.4 Å². The molecule has 2 N–H and O–H groups in total. The molecule has 0 fully saturated rings. The fourth-order valence-corrected chi connectivity index (χ4v) is 1.68. The lowest BCUT2D eigenvalue weighted by molar-refractivity contribution is 0.0953. The number of unbranched alkanes of at least 4 members (excludes halogenated alkanes) is 1. The average molecular weight is 319 g/mol. The van der Waals surface area contributed by atoms with Gasteiger partial charge in [-0.1, -0.05) is 22.6 Å². The molecule has 0 aliphatic heterocycles. The van der Waals surface area contributed by atoms with Crippen molar-refractivity contribution in [1.82, 2.24) is 5.32 Å². The van der Waals surface area contributed by atoms with Gasteiger partial charge in [0.05, 0.1) is 0 Å². The van der Waals surface area contributed by atoms with E-state index in [4.69, 9.17) is 5.11 Å². The summed E-state index contributed by atoms with van der Waals surface area (Å²) in [6.07, 6.45) is 2.13. The Hall–Kier alpha value is -0.780. The van der Waals surface area contributed by atoms with E-state index in [9.17, 15) is 4.79 Å². The molecule has 3 nitrogen and oxygen atoms in total. The number of alkyl halides is 1. The fraction of sp³-hybridized carbons (Fsp3) is 0.364. The zero-order valence-corrected chi connectivity index (χ0v) is 10.5. The van der Waals surface area contributed by atoms with Crippen molar-refractivity contribution in [2.45, 2.75) is 12.8 Å². The fourth-order valence-electron chi connectivity index (χ4n) is 1.14. The Kier molecular flexibility index (Phi) is 5.45. The van der Waals surface area contributed by atoms with Gasteiger partial charge in [-0.15, -0.1) is 0 Å². The second-order valence-corrected chi connectivity index (χ2v) is 4.28. The molecule has 1 rings (SSSR count). The Bertz CT molecular complexity index is 311. The summed E-state index contributed by atoms with van der Waals surface area (Å²) in [6.45, 7) is 0.711. The summed E-state index contributed by atoms with van der Waals surface area (Å²) in [5.74, 6) is 0.0971. The molecule has 4 heteroatoms. The molecule has 1 aromatic rings. The molecule has 0 aliphatic carbocycles. The zero-order chi connectivity index (χ0) is 11.1. The van der Waals surface area contributed by atoms with Gasteiger partial charge in [-0.25, -0.2) is 0 Å². The number of carbonyl (C=O) groups is 1. The summed E-state index contributed by atoms with van der Waals surface area (Å²) in [5, 5.41) is 11.9. The third-order valence-electron chi connectivity index (χ3n) is 1.98. The molecule has 0 heterocycles. The van der Waals surface area contributed by atoms with E-state index in [1.54, 1.807) is 12.1 Å². The van der Waals surface area contributed by atoms with Crippen molar-refractivity contribution in [3.8, 4) is 5.75 Å². The van der Waals surface area contributed by atoms with Crippen LogP contribution in [0.25, 0.3) is 0 Å². The van der Waals surface area contributed by atoms with Crippen LogP contribution in [0.1, 0.15) is 23.2 Å². The maximum absolute atomic E-state index is 11.5. The quantitative estimate of drug-likeness (QED) is 0.497. The summed E-state index contributed by atoms with van der Waals surface area (Å²) < 4.78 is 1.12. The molecular formula is C11H14INO2. The lowest BCUT2D eigenvalue weighted by atomic mass is 10.2. The van der Waals surface area contributed by atoms with Gasteiger partial charge in [0.2, 0.25) is 0 Å². The van der Waals surface area contributed by atoms with Crippen LogP contribution < -0.4 is 5.32 Å². The Labute approximate surface area is 103 Å². The first-order valence-electron chi connectivity index (χ1n) is 4.87. The lowest BCUT2D eigenvalue weighted by Gasteiger charge is -2.04. The number of rotatable bonds is 5. The standard InChI is InChI=1S/C11H14INO2/c12-7-1-2-8-13-11(15)9-3-5-10(14)6-4-9/h3-6,14H,1-2,7-8H2,(H,13,15). The van der Waals surface area contributed by atoms with Gasteiger partial charge in [0.1, 0.15) is 5.75 Å². The molecule has 1 amide bonds. The van der Waals surface area contributed by atoms with Gasteiger partial charge >= 0.3 is 0 Å². The van der Waals surface area contributed by atoms with Crippen LogP contribution in [0.2, 0.25) is 0 Å². The number of phenolic OH excluding ortho intramolecular Hbond substituents is 1. The topological polar surface area (TPSA) is 49.3 Å². The third-order valence-corrected chi connectivity index (χ3v) is 2.74. The van der Waals surface area contributed by atoms with E-state index >= 15 is 0 Å². The maximum Gasteiger partial charge on any atom is 0.251 e. The van der Waals surface area contributed by atoms with Crippen molar-refractivity contribution in [1.29, 1.82) is 0 Å². The molecule has 0 unspecified atom stereocenters. The van der Waals surface area contributed by atoms with E-state index in [2.05, 4.69) is 27.9 Å². The van der Waals surface area contributed by atoms with Crippen molar-refractivity contribution < 1.29 is 9.90 Å². The number of phenols is 1. The second-order valence-electron chi connectivity index (χ2n) is 3.20. The van der Waals surface area contributed by atoms with E-state index in [0.29, 0.717) is 12.1 Å². The highest BCUT2D eigenvalue weighted by Gasteiger charge is 2.03. The average Bonchev–Trinajstić information content (AvgIpc) is 2.25. The highest BCUT2D eigenvalue weighted by Crippen LogP contribution is 2.09. The van der Waals surface area contributed by atoms with Gasteiger partial charge in [-0.3, -0.25) is 4.79 Å². The predicted molar refractivity (Wildman–Crippen MR) is 68.6 cm³/mol. The number of hydrogen-bond donors (Lipinski definition) is 2. The van der Waals surface area contributed by atoms with E-state index in [1.807, 2.05) is 0 Å². The van der Waals surface area contributed by atoms with Crippen LogP contribution in [0.3, 0.4) is 0 Å². The zero-order valence-electron chi connectivity index (χ0n) is 8.37. The van der Waals surface area contributed by atoms with Gasteiger partial charge in [-0.05, 0) is 41.5 Å². The Morgan fingerprint density at radius 1 is 1.27 bits per heavy atom. The molecule has 0 bridgehead atoms. The smallest absolute Gasteiger partial charge is 0.251 e. The van der Waals surface area contributed by atoms with Crippen LogP contribution in [0.5, 0.6) is 5.75 Å². The minimum absolute atomic E-state index is 0.0801. The summed E-state index contributed by atoms with van der Waals surface area (Å²) in [7, 11) is 0. The Morgan fingerprint density at radius 3 is 2.53 bits per heavy atom. The van der Waals surface area contributed by atoms with Gasteiger partial charge in [0, 0.05) is 12.1 Å². The molecule has 0 saturated carbocycles. The van der Waals surface area contributed by atoms with Crippen molar-refractivity contribution in [3.05, 3.63) is 29.8 Å². The summed E-state index contributed by atoms with van der Waals surface area (Å²) >= 11 is 2.32. The van der Waals surface area contributed by atoms with E-state index in [-0.39, 0.29) is 11.7 Å². The molecule has 82 valence electrons. The highest BCUT2D eigenvalue weighted by atomic mass is 127. The lowest BCUT2D eigenvalue weighted by Crippen LogP contribution is -2.24.